The minimum absolute atomic E-state index is 0.0115. The van der Waals surface area contributed by atoms with E-state index in [1.807, 2.05) is 37.4 Å². The summed E-state index contributed by atoms with van der Waals surface area (Å²) in [5, 5.41) is 21.3. The summed E-state index contributed by atoms with van der Waals surface area (Å²) in [5.41, 5.74) is 6.16. The van der Waals surface area contributed by atoms with Gasteiger partial charge in [0.25, 0.3) is 0 Å². The fourth-order valence-corrected chi connectivity index (χ4v) is 6.63. The third kappa shape index (κ3) is 8.15. The van der Waals surface area contributed by atoms with E-state index in [0.717, 1.165) is 54.4 Å². The van der Waals surface area contributed by atoms with Crippen LogP contribution in [0.5, 0.6) is 5.75 Å². The van der Waals surface area contributed by atoms with Gasteiger partial charge in [-0.15, -0.1) is 0 Å². The Morgan fingerprint density at radius 2 is 1.73 bits per heavy atom. The molecule has 256 valence electrons. The van der Waals surface area contributed by atoms with Crippen LogP contribution >= 0.6 is 0 Å². The number of piperazine rings is 1. The van der Waals surface area contributed by atoms with Gasteiger partial charge >= 0.3 is 0 Å². The Morgan fingerprint density at radius 3 is 2.44 bits per heavy atom. The van der Waals surface area contributed by atoms with Gasteiger partial charge in [0, 0.05) is 99.2 Å². The fourth-order valence-electron chi connectivity index (χ4n) is 6.63. The lowest BCUT2D eigenvalue weighted by molar-refractivity contribution is 0.0982. The molecule has 2 aromatic carbocycles. The van der Waals surface area contributed by atoms with Crippen molar-refractivity contribution in [2.45, 2.75) is 65.3 Å². The third-order valence-electron chi connectivity index (χ3n) is 9.39. The van der Waals surface area contributed by atoms with E-state index in [2.05, 4.69) is 82.4 Å². The SMILES string of the molecule is Cc1cc(Nc2nccc(-n3cc(CNC(C)CO)c(-c4ccccc4)n3)n2)c(OC(C)C)cc1N1CCC(N2CCN(C)CC2)CC1. The van der Waals surface area contributed by atoms with E-state index in [4.69, 9.17) is 14.8 Å². The van der Waals surface area contributed by atoms with Crippen molar-refractivity contribution in [2.24, 2.45) is 0 Å². The molecule has 2 aromatic heterocycles. The van der Waals surface area contributed by atoms with Crippen molar-refractivity contribution >= 4 is 17.3 Å². The van der Waals surface area contributed by atoms with Gasteiger partial charge in [0.15, 0.2) is 5.82 Å². The molecule has 0 spiro atoms. The molecule has 0 saturated carbocycles. The Kier molecular flexibility index (Phi) is 10.9. The zero-order valence-corrected chi connectivity index (χ0v) is 29.1. The van der Waals surface area contributed by atoms with Crippen LogP contribution in [0.25, 0.3) is 17.1 Å². The number of likely N-dealkylation sites (N-methyl/N-ethyl adjacent to an activating group) is 1. The Morgan fingerprint density at radius 1 is 0.979 bits per heavy atom. The fraction of sp³-hybridized carbons (Fsp3) is 0.486. The first-order valence-corrected chi connectivity index (χ1v) is 17.3. The highest BCUT2D eigenvalue weighted by Crippen LogP contribution is 2.37. The number of aromatic nitrogens is 4. The Balaban J connectivity index is 1.21. The van der Waals surface area contributed by atoms with Gasteiger partial charge in [-0.25, -0.2) is 9.67 Å². The van der Waals surface area contributed by atoms with Crippen LogP contribution in [0.1, 0.15) is 44.7 Å². The molecule has 11 heteroatoms. The summed E-state index contributed by atoms with van der Waals surface area (Å²) in [6.07, 6.45) is 6.11. The van der Waals surface area contributed by atoms with E-state index in [1.54, 1.807) is 10.9 Å². The average Bonchev–Trinajstić information content (AvgIpc) is 3.53. The van der Waals surface area contributed by atoms with Crippen molar-refractivity contribution < 1.29 is 9.84 Å². The number of aliphatic hydroxyl groups excluding tert-OH is 1. The van der Waals surface area contributed by atoms with E-state index < -0.39 is 0 Å². The van der Waals surface area contributed by atoms with Crippen molar-refractivity contribution in [1.82, 2.24) is 34.9 Å². The molecule has 0 amide bonds. The van der Waals surface area contributed by atoms with Crippen molar-refractivity contribution in [3.05, 3.63) is 72.1 Å². The number of nitrogens with one attached hydrogen (secondary N) is 2. The van der Waals surface area contributed by atoms with Crippen LogP contribution < -0.4 is 20.3 Å². The van der Waals surface area contributed by atoms with Gasteiger partial charge in [-0.05, 0) is 59.2 Å². The summed E-state index contributed by atoms with van der Waals surface area (Å²) >= 11 is 0. The van der Waals surface area contributed by atoms with Crippen LogP contribution in [-0.4, -0.2) is 106 Å². The Bertz CT molecular complexity index is 1630. The van der Waals surface area contributed by atoms with E-state index in [-0.39, 0.29) is 18.8 Å². The van der Waals surface area contributed by atoms with Crippen molar-refractivity contribution in [3.63, 3.8) is 0 Å². The largest absolute Gasteiger partial charge is 0.489 e. The molecule has 3 N–H and O–H groups in total. The van der Waals surface area contributed by atoms with Gasteiger partial charge in [-0.1, -0.05) is 30.3 Å². The van der Waals surface area contributed by atoms with E-state index >= 15 is 0 Å². The predicted octanol–water partition coefficient (Wildman–Crippen LogP) is 4.86. The summed E-state index contributed by atoms with van der Waals surface area (Å²) in [4.78, 5) is 17.1. The van der Waals surface area contributed by atoms with Crippen molar-refractivity contribution in [1.29, 1.82) is 0 Å². The second kappa shape index (κ2) is 15.5. The number of benzene rings is 2. The Hall–Kier alpha value is -4.03. The average molecular weight is 654 g/mol. The lowest BCUT2D eigenvalue weighted by Gasteiger charge is -2.43. The molecule has 2 fully saturated rings. The van der Waals surface area contributed by atoms with Crippen LogP contribution in [0.15, 0.2) is 60.9 Å². The molecule has 0 bridgehead atoms. The number of hydrogen-bond donors (Lipinski definition) is 3. The topological polar surface area (TPSA) is 107 Å². The zero-order valence-electron chi connectivity index (χ0n) is 29.1. The number of aryl methyl sites for hydroxylation is 1. The monoisotopic (exact) mass is 653 g/mol. The van der Waals surface area contributed by atoms with Gasteiger partial charge in [0.2, 0.25) is 5.95 Å². The maximum Gasteiger partial charge on any atom is 0.229 e. The van der Waals surface area contributed by atoms with Crippen molar-refractivity contribution in [3.8, 4) is 22.8 Å². The second-order valence-corrected chi connectivity index (χ2v) is 13.5. The molecule has 4 aromatic rings. The van der Waals surface area contributed by atoms with Crippen LogP contribution in [0.3, 0.4) is 0 Å². The molecule has 0 aliphatic carbocycles. The lowest BCUT2D eigenvalue weighted by Crippen LogP contribution is -2.52. The first-order valence-electron chi connectivity index (χ1n) is 17.3. The van der Waals surface area contributed by atoms with Gasteiger partial charge in [0.05, 0.1) is 24.1 Å². The van der Waals surface area contributed by atoms with E-state index in [9.17, 15) is 5.11 Å². The standard InChI is InChI=1S/C37H51N9O2/c1-26(2)48-34-22-33(45-15-12-31(13-16-45)44-19-17-43(5)18-20-44)27(3)21-32(34)40-37-38-14-11-35(41-37)46-24-30(23-39-28(4)25-47)36(42-46)29-9-7-6-8-10-29/h6-11,14,21-22,24,26,28,31,39,47H,12-13,15-20,23,25H2,1-5H3,(H,38,40,41). The number of rotatable bonds is 12. The number of aliphatic hydroxyl groups is 1. The van der Waals surface area contributed by atoms with Gasteiger partial charge < -0.3 is 30.3 Å². The molecule has 2 saturated heterocycles. The third-order valence-corrected chi connectivity index (χ3v) is 9.39. The van der Waals surface area contributed by atoms with Crippen LogP contribution in [0.2, 0.25) is 0 Å². The minimum Gasteiger partial charge on any atom is -0.489 e. The smallest absolute Gasteiger partial charge is 0.229 e. The molecule has 1 unspecified atom stereocenters. The van der Waals surface area contributed by atoms with Crippen molar-refractivity contribution in [2.75, 3.05) is 63.1 Å². The predicted molar refractivity (Wildman–Crippen MR) is 193 cm³/mol. The molecule has 2 aliphatic heterocycles. The lowest BCUT2D eigenvalue weighted by atomic mass is 10.0. The summed E-state index contributed by atoms with van der Waals surface area (Å²) in [5.74, 6) is 1.90. The highest BCUT2D eigenvalue weighted by molar-refractivity contribution is 5.71. The molecule has 0 radical (unpaired) electrons. The molecule has 1 atom stereocenters. The van der Waals surface area contributed by atoms with Gasteiger partial charge in [-0.2, -0.15) is 10.1 Å². The van der Waals surface area contributed by atoms with E-state index in [0.29, 0.717) is 24.4 Å². The minimum atomic E-state index is -0.0298. The quantitative estimate of drug-likeness (QED) is 0.196. The number of hydrogen-bond acceptors (Lipinski definition) is 10. The normalized spacial score (nSPS) is 17.2. The maximum atomic E-state index is 9.54. The number of piperidine rings is 1. The first-order chi connectivity index (χ1) is 23.3. The second-order valence-electron chi connectivity index (χ2n) is 13.5. The molecule has 6 rings (SSSR count). The molecular formula is C37H51N9O2. The van der Waals surface area contributed by atoms with Crippen LogP contribution in [0.4, 0.5) is 17.3 Å². The summed E-state index contributed by atoms with van der Waals surface area (Å²) in [6.45, 7) is 15.6. The summed E-state index contributed by atoms with van der Waals surface area (Å²) < 4.78 is 8.16. The highest BCUT2D eigenvalue weighted by Gasteiger charge is 2.28. The number of ether oxygens (including phenoxy) is 1. The highest BCUT2D eigenvalue weighted by atomic mass is 16.5. The molecule has 2 aliphatic rings. The first kappa shape index (κ1) is 33.9. The summed E-state index contributed by atoms with van der Waals surface area (Å²) in [7, 11) is 2.22. The van der Waals surface area contributed by atoms with Gasteiger partial charge in [0.1, 0.15) is 5.75 Å². The van der Waals surface area contributed by atoms with Crippen LogP contribution in [0, 0.1) is 6.92 Å². The summed E-state index contributed by atoms with van der Waals surface area (Å²) in [6, 6.07) is 17.0. The zero-order chi connectivity index (χ0) is 33.6. The number of nitrogens with zero attached hydrogens (tertiary/aromatic N) is 7. The maximum absolute atomic E-state index is 9.54. The Labute approximate surface area is 284 Å². The van der Waals surface area contributed by atoms with E-state index in [1.165, 1.54) is 37.2 Å². The molecule has 11 nitrogen and oxygen atoms in total. The molecule has 4 heterocycles. The molecule has 48 heavy (non-hydrogen) atoms. The number of anilines is 3. The van der Waals surface area contributed by atoms with Gasteiger partial charge in [-0.3, -0.25) is 4.90 Å². The van der Waals surface area contributed by atoms with Crippen LogP contribution in [-0.2, 0) is 6.54 Å². The molecular weight excluding hydrogens is 602 g/mol.